The van der Waals surface area contributed by atoms with Gasteiger partial charge < -0.3 is 5.32 Å². The third-order valence-corrected chi connectivity index (χ3v) is 4.68. The van der Waals surface area contributed by atoms with Crippen LogP contribution in [0.1, 0.15) is 32.9 Å². The van der Waals surface area contributed by atoms with Crippen LogP contribution in [0.4, 0.5) is 5.69 Å². The summed E-state index contributed by atoms with van der Waals surface area (Å²) in [6.07, 6.45) is 0. The maximum absolute atomic E-state index is 12.5. The standard InChI is InChI=1S/C19H19ClN4O/c1-11-6-8-16(9-13(11)3)24-14(4)18(22-23-24)19(25)21-15-7-5-12(2)17(20)10-15/h5-10H,1-4H3,(H,21,25). The Morgan fingerprint density at radius 2 is 1.72 bits per heavy atom. The van der Waals surface area contributed by atoms with Crippen molar-refractivity contribution < 1.29 is 4.79 Å². The van der Waals surface area contributed by atoms with E-state index in [1.165, 1.54) is 5.56 Å². The van der Waals surface area contributed by atoms with E-state index in [9.17, 15) is 4.79 Å². The maximum Gasteiger partial charge on any atom is 0.278 e. The average molecular weight is 355 g/mol. The SMILES string of the molecule is Cc1ccc(-n2nnc(C(=O)Nc3ccc(C)c(Cl)c3)c2C)cc1C. The molecule has 1 aromatic heterocycles. The summed E-state index contributed by atoms with van der Waals surface area (Å²) >= 11 is 6.10. The highest BCUT2D eigenvalue weighted by molar-refractivity contribution is 6.31. The Bertz CT molecular complexity index is 962. The molecule has 1 heterocycles. The van der Waals surface area contributed by atoms with E-state index in [0.29, 0.717) is 16.4 Å². The van der Waals surface area contributed by atoms with Gasteiger partial charge in [0.2, 0.25) is 0 Å². The Balaban J connectivity index is 1.88. The van der Waals surface area contributed by atoms with Crippen molar-refractivity contribution >= 4 is 23.2 Å². The number of amides is 1. The van der Waals surface area contributed by atoms with Gasteiger partial charge in [0.1, 0.15) is 0 Å². The molecule has 5 nitrogen and oxygen atoms in total. The summed E-state index contributed by atoms with van der Waals surface area (Å²) in [6, 6.07) is 11.4. The molecule has 0 saturated heterocycles. The van der Waals surface area contributed by atoms with Gasteiger partial charge in [-0.2, -0.15) is 0 Å². The first kappa shape index (κ1) is 17.2. The van der Waals surface area contributed by atoms with Gasteiger partial charge in [0.05, 0.1) is 11.4 Å². The number of aryl methyl sites for hydroxylation is 3. The molecule has 0 aliphatic heterocycles. The van der Waals surface area contributed by atoms with Crippen LogP contribution in [0.5, 0.6) is 0 Å². The van der Waals surface area contributed by atoms with Crippen LogP contribution in [0.3, 0.4) is 0 Å². The number of nitrogens with one attached hydrogen (secondary N) is 1. The predicted octanol–water partition coefficient (Wildman–Crippen LogP) is 4.41. The number of carbonyl (C=O) groups is 1. The van der Waals surface area contributed by atoms with E-state index in [4.69, 9.17) is 11.6 Å². The van der Waals surface area contributed by atoms with Crippen LogP contribution < -0.4 is 5.32 Å². The van der Waals surface area contributed by atoms with Crippen LogP contribution in [0.2, 0.25) is 5.02 Å². The summed E-state index contributed by atoms with van der Waals surface area (Å²) in [4.78, 5) is 12.5. The Morgan fingerprint density at radius 1 is 1.00 bits per heavy atom. The van der Waals surface area contributed by atoms with Crippen LogP contribution in [0, 0.1) is 27.7 Å². The number of hydrogen-bond acceptors (Lipinski definition) is 3. The number of aromatic nitrogens is 3. The largest absolute Gasteiger partial charge is 0.320 e. The van der Waals surface area contributed by atoms with Crippen LogP contribution in [0.15, 0.2) is 36.4 Å². The van der Waals surface area contributed by atoms with Gasteiger partial charge >= 0.3 is 0 Å². The molecule has 3 rings (SSSR count). The van der Waals surface area contributed by atoms with Gasteiger partial charge in [-0.25, -0.2) is 4.68 Å². The zero-order valence-corrected chi connectivity index (χ0v) is 15.3. The quantitative estimate of drug-likeness (QED) is 0.758. The second-order valence-electron chi connectivity index (χ2n) is 6.12. The minimum absolute atomic E-state index is 0.287. The van der Waals surface area contributed by atoms with Gasteiger partial charge in [-0.15, -0.1) is 5.10 Å². The Morgan fingerprint density at radius 3 is 2.40 bits per heavy atom. The molecule has 0 spiro atoms. The third-order valence-electron chi connectivity index (χ3n) is 4.27. The van der Waals surface area contributed by atoms with Crippen molar-refractivity contribution in [3.05, 3.63) is 69.5 Å². The Kier molecular flexibility index (Phi) is 4.59. The molecule has 0 atom stereocenters. The van der Waals surface area contributed by atoms with E-state index in [-0.39, 0.29) is 11.6 Å². The molecule has 3 aromatic rings. The maximum atomic E-state index is 12.5. The molecule has 0 unspecified atom stereocenters. The number of carbonyl (C=O) groups excluding carboxylic acids is 1. The van der Waals surface area contributed by atoms with Crippen molar-refractivity contribution in [2.24, 2.45) is 0 Å². The van der Waals surface area contributed by atoms with Crippen molar-refractivity contribution in [3.63, 3.8) is 0 Å². The zero-order chi connectivity index (χ0) is 18.1. The van der Waals surface area contributed by atoms with Crippen molar-refractivity contribution in [2.45, 2.75) is 27.7 Å². The molecule has 1 amide bonds. The lowest BCUT2D eigenvalue weighted by molar-refractivity contribution is 0.102. The van der Waals surface area contributed by atoms with Crippen LogP contribution in [0.25, 0.3) is 5.69 Å². The fraction of sp³-hybridized carbons (Fsp3) is 0.211. The van der Waals surface area contributed by atoms with Gasteiger partial charge in [-0.3, -0.25) is 4.79 Å². The average Bonchev–Trinajstić information content (AvgIpc) is 2.95. The zero-order valence-electron chi connectivity index (χ0n) is 14.6. The summed E-state index contributed by atoms with van der Waals surface area (Å²) in [5.74, 6) is -0.312. The molecule has 0 aliphatic carbocycles. The van der Waals surface area contributed by atoms with Crippen LogP contribution >= 0.6 is 11.6 Å². The topological polar surface area (TPSA) is 59.8 Å². The molecule has 0 bridgehead atoms. The molecule has 128 valence electrons. The second-order valence-corrected chi connectivity index (χ2v) is 6.53. The number of hydrogen-bond donors (Lipinski definition) is 1. The normalized spacial score (nSPS) is 10.8. The van der Waals surface area contributed by atoms with Gasteiger partial charge in [-0.1, -0.05) is 28.9 Å². The molecule has 0 aliphatic rings. The molecule has 6 heteroatoms. The van der Waals surface area contributed by atoms with Gasteiger partial charge in [0.25, 0.3) is 5.91 Å². The van der Waals surface area contributed by atoms with Gasteiger partial charge in [-0.05, 0) is 68.7 Å². The molecular weight excluding hydrogens is 336 g/mol. The lowest BCUT2D eigenvalue weighted by Gasteiger charge is -2.08. The van der Waals surface area contributed by atoms with E-state index in [1.54, 1.807) is 10.7 Å². The Hall–Kier alpha value is -2.66. The highest BCUT2D eigenvalue weighted by atomic mass is 35.5. The van der Waals surface area contributed by atoms with E-state index in [0.717, 1.165) is 16.8 Å². The molecule has 25 heavy (non-hydrogen) atoms. The Labute approximate surface area is 151 Å². The van der Waals surface area contributed by atoms with Gasteiger partial charge in [0, 0.05) is 10.7 Å². The highest BCUT2D eigenvalue weighted by Crippen LogP contribution is 2.21. The van der Waals surface area contributed by atoms with E-state index in [1.807, 2.05) is 51.1 Å². The minimum Gasteiger partial charge on any atom is -0.320 e. The molecule has 2 aromatic carbocycles. The van der Waals surface area contributed by atoms with E-state index in [2.05, 4.69) is 22.6 Å². The van der Waals surface area contributed by atoms with Crippen LogP contribution in [-0.4, -0.2) is 20.9 Å². The summed E-state index contributed by atoms with van der Waals surface area (Å²) in [7, 11) is 0. The summed E-state index contributed by atoms with van der Waals surface area (Å²) in [5.41, 5.74) is 5.79. The monoisotopic (exact) mass is 354 g/mol. The van der Waals surface area contributed by atoms with Crippen molar-refractivity contribution in [1.82, 2.24) is 15.0 Å². The highest BCUT2D eigenvalue weighted by Gasteiger charge is 2.18. The smallest absolute Gasteiger partial charge is 0.278 e. The van der Waals surface area contributed by atoms with Crippen molar-refractivity contribution in [2.75, 3.05) is 5.32 Å². The molecular formula is C19H19ClN4O. The molecule has 0 radical (unpaired) electrons. The molecule has 0 fully saturated rings. The van der Waals surface area contributed by atoms with Crippen molar-refractivity contribution in [1.29, 1.82) is 0 Å². The predicted molar refractivity (Wildman–Crippen MR) is 99.7 cm³/mol. The number of anilines is 1. The van der Waals surface area contributed by atoms with Crippen LogP contribution in [-0.2, 0) is 0 Å². The number of nitrogens with zero attached hydrogens (tertiary/aromatic N) is 3. The summed E-state index contributed by atoms with van der Waals surface area (Å²) < 4.78 is 1.67. The lowest BCUT2D eigenvalue weighted by Crippen LogP contribution is -2.14. The fourth-order valence-corrected chi connectivity index (χ4v) is 2.68. The third kappa shape index (κ3) is 3.42. The van der Waals surface area contributed by atoms with Gasteiger partial charge in [0.15, 0.2) is 5.69 Å². The van der Waals surface area contributed by atoms with E-state index >= 15 is 0 Å². The molecule has 0 saturated carbocycles. The first-order valence-corrected chi connectivity index (χ1v) is 8.32. The fourth-order valence-electron chi connectivity index (χ4n) is 2.50. The number of halogens is 1. The number of benzene rings is 2. The summed E-state index contributed by atoms with van der Waals surface area (Å²) in [5, 5.41) is 11.6. The molecule has 1 N–H and O–H groups in total. The first-order chi connectivity index (χ1) is 11.9. The summed E-state index contributed by atoms with van der Waals surface area (Å²) in [6.45, 7) is 7.83. The lowest BCUT2D eigenvalue weighted by atomic mass is 10.1. The van der Waals surface area contributed by atoms with Crippen molar-refractivity contribution in [3.8, 4) is 5.69 Å². The minimum atomic E-state index is -0.312. The second kappa shape index (κ2) is 6.69. The van der Waals surface area contributed by atoms with E-state index < -0.39 is 0 Å². The number of rotatable bonds is 3. The first-order valence-electron chi connectivity index (χ1n) is 7.94.